The van der Waals surface area contributed by atoms with Crippen molar-refractivity contribution in [3.05, 3.63) is 34.5 Å². The summed E-state index contributed by atoms with van der Waals surface area (Å²) in [4.78, 5) is 0. The van der Waals surface area contributed by atoms with Gasteiger partial charge in [-0.15, -0.1) is 0 Å². The molecule has 1 aromatic heterocycles. The van der Waals surface area contributed by atoms with Gasteiger partial charge in [-0.1, -0.05) is 24.3 Å². The fourth-order valence-electron chi connectivity index (χ4n) is 2.09. The van der Waals surface area contributed by atoms with Crippen LogP contribution in [0.4, 0.5) is 0 Å². The van der Waals surface area contributed by atoms with Gasteiger partial charge in [0, 0.05) is 12.5 Å². The Morgan fingerprint density at radius 1 is 1.39 bits per heavy atom. The molecular weight excluding hydrogens is 242 g/mol. The van der Waals surface area contributed by atoms with Crippen LogP contribution in [0.25, 0.3) is 16.3 Å². The molecule has 0 saturated heterocycles. The zero-order chi connectivity index (χ0) is 13.1. The molecule has 0 aliphatic rings. The summed E-state index contributed by atoms with van der Waals surface area (Å²) < 4.78 is 9.06. The number of fused-ring (bicyclic) bond motifs is 1. The quantitative estimate of drug-likeness (QED) is 0.601. The summed E-state index contributed by atoms with van der Waals surface area (Å²) in [6.07, 6.45) is 3.08. The predicted octanol–water partition coefficient (Wildman–Crippen LogP) is 3.91. The molecule has 0 fully saturated rings. The number of aromatic nitrogens is 1. The first-order valence-electron chi connectivity index (χ1n) is 6.37. The number of benzene rings is 1. The lowest BCUT2D eigenvalue weighted by Gasteiger charge is -2.00. The third-order valence-corrected chi connectivity index (χ3v) is 4.21. The highest BCUT2D eigenvalue weighted by molar-refractivity contribution is 7.18. The van der Waals surface area contributed by atoms with Gasteiger partial charge < -0.3 is 4.74 Å². The molecule has 0 aliphatic heterocycles. The van der Waals surface area contributed by atoms with Gasteiger partial charge in [0.15, 0.2) is 0 Å². The van der Waals surface area contributed by atoms with Crippen molar-refractivity contribution in [3.8, 4) is 0 Å². The molecule has 0 amide bonds. The molecule has 0 saturated carbocycles. The Morgan fingerprint density at radius 3 is 2.78 bits per heavy atom. The highest BCUT2D eigenvalue weighted by atomic mass is 32.1. The topological polar surface area (TPSA) is 13.1 Å². The van der Waals surface area contributed by atoms with Crippen molar-refractivity contribution in [2.45, 2.75) is 33.7 Å². The largest absolute Gasteiger partial charge is 0.501 e. The molecule has 2 nitrogen and oxygen atoms in total. The van der Waals surface area contributed by atoms with Crippen LogP contribution >= 0.6 is 11.3 Å². The van der Waals surface area contributed by atoms with E-state index in [4.69, 9.17) is 4.74 Å². The van der Waals surface area contributed by atoms with E-state index in [0.717, 1.165) is 18.7 Å². The first-order chi connectivity index (χ1) is 8.69. The van der Waals surface area contributed by atoms with Crippen molar-refractivity contribution in [3.63, 3.8) is 0 Å². The average Bonchev–Trinajstić information content (AvgIpc) is 2.72. The summed E-state index contributed by atoms with van der Waals surface area (Å²) in [7, 11) is 1.74. The van der Waals surface area contributed by atoms with Gasteiger partial charge in [-0.25, -0.2) is 0 Å². The van der Waals surface area contributed by atoms with Gasteiger partial charge in [0.1, 0.15) is 17.0 Å². The molecule has 2 rings (SSSR count). The molecule has 96 valence electrons. The van der Waals surface area contributed by atoms with E-state index in [0.29, 0.717) is 0 Å². The molecule has 0 radical (unpaired) electrons. The van der Waals surface area contributed by atoms with Gasteiger partial charge in [0.25, 0.3) is 5.01 Å². The Bertz CT molecular complexity index is 577. The lowest BCUT2D eigenvalue weighted by molar-refractivity contribution is -0.665. The monoisotopic (exact) mass is 262 g/mol. The summed E-state index contributed by atoms with van der Waals surface area (Å²) in [5.41, 5.74) is 2.63. The smallest absolute Gasteiger partial charge is 0.266 e. The van der Waals surface area contributed by atoms with E-state index in [-0.39, 0.29) is 0 Å². The number of allylic oxidation sites excluding steroid dienone is 1. The summed E-state index contributed by atoms with van der Waals surface area (Å²) >= 11 is 1.82. The van der Waals surface area contributed by atoms with Crippen molar-refractivity contribution in [1.29, 1.82) is 0 Å². The standard InChI is InChI=1S/C15H20NOS/c1-5-12(17-4)10-15-16(6-2)13-9-11(3)7-8-14(13)18-15/h7-10H,5-6H2,1-4H3/q+1/b12-10-. The lowest BCUT2D eigenvalue weighted by atomic mass is 10.2. The van der Waals surface area contributed by atoms with E-state index < -0.39 is 0 Å². The van der Waals surface area contributed by atoms with Crippen LogP contribution in [0.3, 0.4) is 0 Å². The fraction of sp³-hybridized carbons (Fsp3) is 0.400. The van der Waals surface area contributed by atoms with Crippen molar-refractivity contribution in [2.75, 3.05) is 7.11 Å². The number of rotatable bonds is 4. The Hall–Kier alpha value is -1.35. The second-order valence-electron chi connectivity index (χ2n) is 4.32. The van der Waals surface area contributed by atoms with Gasteiger partial charge in [-0.2, -0.15) is 4.57 Å². The maximum Gasteiger partial charge on any atom is 0.266 e. The van der Waals surface area contributed by atoms with Crippen LogP contribution in [-0.2, 0) is 11.3 Å². The molecule has 0 bridgehead atoms. The van der Waals surface area contributed by atoms with Crippen LogP contribution in [0.2, 0.25) is 0 Å². The Balaban J connectivity index is 2.60. The molecule has 1 heterocycles. The zero-order valence-electron chi connectivity index (χ0n) is 11.5. The average molecular weight is 262 g/mol. The Kier molecular flexibility index (Phi) is 4.02. The number of methoxy groups -OCH3 is 1. The minimum absolute atomic E-state index is 0.924. The normalized spacial score (nSPS) is 12.1. The van der Waals surface area contributed by atoms with Gasteiger partial charge in [0.2, 0.25) is 5.52 Å². The predicted molar refractivity (Wildman–Crippen MR) is 77.7 cm³/mol. The number of thiazole rings is 1. The number of hydrogen-bond acceptors (Lipinski definition) is 2. The SMILES string of the molecule is CC/C(=C/c1sc2ccc(C)cc2[n+]1CC)OC. The molecule has 0 aliphatic carbocycles. The van der Waals surface area contributed by atoms with E-state index in [1.807, 2.05) is 11.3 Å². The van der Waals surface area contributed by atoms with E-state index in [1.165, 1.54) is 20.8 Å². The van der Waals surface area contributed by atoms with Crippen LogP contribution < -0.4 is 4.57 Å². The van der Waals surface area contributed by atoms with E-state index in [9.17, 15) is 0 Å². The second kappa shape index (κ2) is 5.53. The van der Waals surface area contributed by atoms with Crippen molar-refractivity contribution in [2.24, 2.45) is 0 Å². The van der Waals surface area contributed by atoms with Crippen LogP contribution in [0.15, 0.2) is 24.0 Å². The maximum absolute atomic E-state index is 5.38. The highest BCUT2D eigenvalue weighted by Gasteiger charge is 2.17. The van der Waals surface area contributed by atoms with Gasteiger partial charge >= 0.3 is 0 Å². The van der Waals surface area contributed by atoms with Gasteiger partial charge in [-0.3, -0.25) is 0 Å². The van der Waals surface area contributed by atoms with Crippen molar-refractivity contribution in [1.82, 2.24) is 0 Å². The van der Waals surface area contributed by atoms with Crippen molar-refractivity contribution < 1.29 is 9.30 Å². The van der Waals surface area contributed by atoms with Crippen molar-refractivity contribution >= 4 is 27.6 Å². The summed E-state index contributed by atoms with van der Waals surface area (Å²) in [6, 6.07) is 6.63. The Morgan fingerprint density at radius 2 is 2.17 bits per heavy atom. The second-order valence-corrected chi connectivity index (χ2v) is 5.39. The third kappa shape index (κ3) is 2.41. The molecule has 0 unspecified atom stereocenters. The number of ether oxygens (including phenoxy) is 1. The van der Waals surface area contributed by atoms with E-state index in [1.54, 1.807) is 7.11 Å². The minimum Gasteiger partial charge on any atom is -0.501 e. The molecule has 0 N–H and O–H groups in total. The number of hydrogen-bond donors (Lipinski definition) is 0. The maximum atomic E-state index is 5.38. The van der Waals surface area contributed by atoms with Gasteiger partial charge in [-0.05, 0) is 25.5 Å². The Labute approximate surface area is 113 Å². The molecule has 2 aromatic rings. The minimum atomic E-state index is 0.924. The first-order valence-corrected chi connectivity index (χ1v) is 7.18. The number of nitrogens with zero attached hydrogens (tertiary/aromatic N) is 1. The van der Waals surface area contributed by atoms with Crippen LogP contribution in [-0.4, -0.2) is 7.11 Å². The summed E-state index contributed by atoms with van der Waals surface area (Å²) in [5.74, 6) is 1.03. The fourth-order valence-corrected chi connectivity index (χ4v) is 3.25. The number of aryl methyl sites for hydroxylation is 2. The van der Waals surface area contributed by atoms with E-state index >= 15 is 0 Å². The van der Waals surface area contributed by atoms with Crippen LogP contribution in [0.1, 0.15) is 30.8 Å². The van der Waals surface area contributed by atoms with Gasteiger partial charge in [0.05, 0.1) is 13.2 Å². The van der Waals surface area contributed by atoms with Crippen LogP contribution in [0, 0.1) is 6.92 Å². The molecule has 0 atom stereocenters. The molecule has 3 heteroatoms. The summed E-state index contributed by atoms with van der Waals surface area (Å²) in [6.45, 7) is 7.42. The summed E-state index contributed by atoms with van der Waals surface area (Å²) in [5, 5.41) is 1.26. The zero-order valence-corrected chi connectivity index (χ0v) is 12.3. The van der Waals surface area contributed by atoms with E-state index in [2.05, 4.69) is 49.6 Å². The highest BCUT2D eigenvalue weighted by Crippen LogP contribution is 2.23. The molecule has 1 aromatic carbocycles. The lowest BCUT2D eigenvalue weighted by Crippen LogP contribution is -2.33. The van der Waals surface area contributed by atoms with Crippen LogP contribution in [0.5, 0.6) is 0 Å². The third-order valence-electron chi connectivity index (χ3n) is 3.10. The molecule has 0 spiro atoms. The first kappa shape index (κ1) is 13.1. The molecule has 18 heavy (non-hydrogen) atoms. The molecular formula is C15H20NOS+.